The second-order valence-electron chi connectivity index (χ2n) is 6.63. The second-order valence-corrected chi connectivity index (χ2v) is 7.04. The standard InChI is InChI=1S/C22H19ClN2O2/c1-14-7-8-17(11-15(14)2)24-22(26)20-12-21-19(9-10-27-21)25(20)13-16-5-3-4-6-18(16)23/h3-12H,13H2,1-2H3,(H,24,26). The van der Waals surface area contributed by atoms with Gasteiger partial charge in [-0.15, -0.1) is 0 Å². The van der Waals surface area contributed by atoms with Gasteiger partial charge in [0.1, 0.15) is 5.69 Å². The van der Waals surface area contributed by atoms with Crippen LogP contribution >= 0.6 is 11.6 Å². The Kier molecular flexibility index (Phi) is 4.50. The van der Waals surface area contributed by atoms with E-state index in [1.807, 2.05) is 66.9 Å². The SMILES string of the molecule is Cc1ccc(NC(=O)c2cc3occc3n2Cc2ccccc2Cl)cc1C. The number of benzene rings is 2. The van der Waals surface area contributed by atoms with Gasteiger partial charge in [-0.1, -0.05) is 35.9 Å². The highest BCUT2D eigenvalue weighted by molar-refractivity contribution is 6.31. The highest BCUT2D eigenvalue weighted by Crippen LogP contribution is 2.26. The molecule has 4 aromatic rings. The van der Waals surface area contributed by atoms with Crippen molar-refractivity contribution >= 4 is 34.3 Å². The lowest BCUT2D eigenvalue weighted by Gasteiger charge is -2.12. The summed E-state index contributed by atoms with van der Waals surface area (Å²) < 4.78 is 7.44. The molecule has 0 saturated heterocycles. The van der Waals surface area contributed by atoms with Crippen LogP contribution < -0.4 is 5.32 Å². The Balaban J connectivity index is 1.70. The van der Waals surface area contributed by atoms with Crippen LogP contribution in [0.1, 0.15) is 27.2 Å². The van der Waals surface area contributed by atoms with Crippen LogP contribution in [0, 0.1) is 13.8 Å². The Bertz CT molecular complexity index is 1140. The maximum Gasteiger partial charge on any atom is 0.272 e. The van der Waals surface area contributed by atoms with Crippen LogP contribution in [0.15, 0.2) is 65.3 Å². The molecule has 0 aliphatic rings. The number of hydrogen-bond donors (Lipinski definition) is 1. The van der Waals surface area contributed by atoms with E-state index >= 15 is 0 Å². The third-order valence-corrected chi connectivity index (χ3v) is 5.18. The van der Waals surface area contributed by atoms with Gasteiger partial charge < -0.3 is 14.3 Å². The molecule has 0 radical (unpaired) electrons. The monoisotopic (exact) mass is 378 g/mol. The van der Waals surface area contributed by atoms with Crippen LogP contribution in [0.25, 0.3) is 11.1 Å². The Morgan fingerprint density at radius 2 is 1.89 bits per heavy atom. The number of nitrogens with zero attached hydrogens (tertiary/aromatic N) is 1. The van der Waals surface area contributed by atoms with E-state index in [4.69, 9.17) is 16.0 Å². The molecular weight excluding hydrogens is 360 g/mol. The molecule has 5 heteroatoms. The minimum atomic E-state index is -0.184. The Labute approximate surface area is 162 Å². The number of carbonyl (C=O) groups is 1. The molecule has 1 amide bonds. The van der Waals surface area contributed by atoms with Crippen LogP contribution in [0.3, 0.4) is 0 Å². The summed E-state index contributed by atoms with van der Waals surface area (Å²) in [5, 5.41) is 3.65. The molecule has 0 bridgehead atoms. The van der Waals surface area contributed by atoms with Crippen molar-refractivity contribution in [3.63, 3.8) is 0 Å². The van der Waals surface area contributed by atoms with E-state index in [1.54, 1.807) is 12.3 Å². The molecule has 0 atom stereocenters. The number of rotatable bonds is 4. The number of hydrogen-bond acceptors (Lipinski definition) is 2. The molecule has 0 unspecified atom stereocenters. The van der Waals surface area contributed by atoms with Gasteiger partial charge in [0.15, 0.2) is 5.58 Å². The summed E-state index contributed by atoms with van der Waals surface area (Å²) in [6.07, 6.45) is 1.62. The first kappa shape index (κ1) is 17.4. The van der Waals surface area contributed by atoms with Crippen molar-refractivity contribution < 1.29 is 9.21 Å². The van der Waals surface area contributed by atoms with Crippen LogP contribution in [0.5, 0.6) is 0 Å². The lowest BCUT2D eigenvalue weighted by Crippen LogP contribution is -2.17. The average molecular weight is 379 g/mol. The fourth-order valence-electron chi connectivity index (χ4n) is 3.15. The minimum absolute atomic E-state index is 0.184. The van der Waals surface area contributed by atoms with Crippen molar-refractivity contribution in [3.8, 4) is 0 Å². The molecule has 0 aliphatic heterocycles. The number of anilines is 1. The third kappa shape index (κ3) is 3.36. The number of fused-ring (bicyclic) bond motifs is 1. The van der Waals surface area contributed by atoms with Crippen molar-refractivity contribution in [1.29, 1.82) is 0 Å². The summed E-state index contributed by atoms with van der Waals surface area (Å²) >= 11 is 6.32. The van der Waals surface area contributed by atoms with E-state index in [-0.39, 0.29) is 5.91 Å². The molecule has 1 N–H and O–H groups in total. The highest BCUT2D eigenvalue weighted by atomic mass is 35.5. The van der Waals surface area contributed by atoms with E-state index < -0.39 is 0 Å². The van der Waals surface area contributed by atoms with Crippen molar-refractivity contribution in [2.45, 2.75) is 20.4 Å². The topological polar surface area (TPSA) is 47.2 Å². The number of halogens is 1. The number of nitrogens with one attached hydrogen (secondary N) is 1. The van der Waals surface area contributed by atoms with Crippen molar-refractivity contribution in [2.24, 2.45) is 0 Å². The van der Waals surface area contributed by atoms with Gasteiger partial charge in [0.05, 0.1) is 11.8 Å². The zero-order chi connectivity index (χ0) is 19.0. The van der Waals surface area contributed by atoms with E-state index in [0.29, 0.717) is 22.8 Å². The molecule has 0 saturated carbocycles. The van der Waals surface area contributed by atoms with Crippen LogP contribution in [-0.2, 0) is 6.54 Å². The Morgan fingerprint density at radius 1 is 1.07 bits per heavy atom. The molecule has 0 aliphatic carbocycles. The molecule has 136 valence electrons. The first-order valence-corrected chi connectivity index (χ1v) is 9.09. The van der Waals surface area contributed by atoms with Crippen molar-refractivity contribution in [2.75, 3.05) is 5.32 Å². The number of carbonyl (C=O) groups excluding carboxylic acids is 1. The number of aromatic nitrogens is 1. The fraction of sp³-hybridized carbons (Fsp3) is 0.136. The molecular formula is C22H19ClN2O2. The third-order valence-electron chi connectivity index (χ3n) is 4.81. The van der Waals surface area contributed by atoms with E-state index in [1.165, 1.54) is 5.56 Å². The first-order chi connectivity index (χ1) is 13.0. The fourth-order valence-corrected chi connectivity index (χ4v) is 3.34. The molecule has 27 heavy (non-hydrogen) atoms. The highest BCUT2D eigenvalue weighted by Gasteiger charge is 2.18. The molecule has 0 fully saturated rings. The molecule has 2 aromatic heterocycles. The van der Waals surface area contributed by atoms with Gasteiger partial charge in [0.25, 0.3) is 5.91 Å². The van der Waals surface area contributed by atoms with Gasteiger partial charge in [-0.05, 0) is 48.7 Å². The van der Waals surface area contributed by atoms with E-state index in [9.17, 15) is 4.79 Å². The lowest BCUT2D eigenvalue weighted by atomic mass is 10.1. The van der Waals surface area contributed by atoms with Gasteiger partial charge in [-0.2, -0.15) is 0 Å². The van der Waals surface area contributed by atoms with Gasteiger partial charge in [-0.25, -0.2) is 0 Å². The van der Waals surface area contributed by atoms with Crippen LogP contribution in [-0.4, -0.2) is 10.5 Å². The van der Waals surface area contributed by atoms with Gasteiger partial charge >= 0.3 is 0 Å². The largest absolute Gasteiger partial charge is 0.463 e. The summed E-state index contributed by atoms with van der Waals surface area (Å²) in [5.41, 5.74) is 6.10. The Hall–Kier alpha value is -2.98. The van der Waals surface area contributed by atoms with Crippen molar-refractivity contribution in [3.05, 3.63) is 88.3 Å². The molecule has 0 spiro atoms. The predicted octanol–water partition coefficient (Wildman–Crippen LogP) is 5.81. The molecule has 4 nitrogen and oxygen atoms in total. The average Bonchev–Trinajstić information content (AvgIpc) is 3.22. The Morgan fingerprint density at radius 3 is 2.67 bits per heavy atom. The summed E-state index contributed by atoms with van der Waals surface area (Å²) in [5.74, 6) is -0.184. The van der Waals surface area contributed by atoms with E-state index in [2.05, 4.69) is 5.32 Å². The molecule has 2 aromatic carbocycles. The lowest BCUT2D eigenvalue weighted by molar-refractivity contribution is 0.101. The second kappa shape index (κ2) is 6.97. The number of aryl methyl sites for hydroxylation is 2. The summed E-state index contributed by atoms with van der Waals surface area (Å²) in [6.45, 7) is 4.56. The van der Waals surface area contributed by atoms with Crippen LogP contribution in [0.2, 0.25) is 5.02 Å². The maximum atomic E-state index is 13.0. The summed E-state index contributed by atoms with van der Waals surface area (Å²) in [4.78, 5) is 13.0. The van der Waals surface area contributed by atoms with Gasteiger partial charge in [0.2, 0.25) is 0 Å². The summed E-state index contributed by atoms with van der Waals surface area (Å²) in [7, 11) is 0. The first-order valence-electron chi connectivity index (χ1n) is 8.71. The zero-order valence-electron chi connectivity index (χ0n) is 15.1. The zero-order valence-corrected chi connectivity index (χ0v) is 15.9. The molecule has 2 heterocycles. The number of furan rings is 1. The maximum absolute atomic E-state index is 13.0. The van der Waals surface area contributed by atoms with Gasteiger partial charge in [0, 0.05) is 29.4 Å². The summed E-state index contributed by atoms with van der Waals surface area (Å²) in [6, 6.07) is 17.1. The predicted molar refractivity (Wildman–Crippen MR) is 109 cm³/mol. The van der Waals surface area contributed by atoms with E-state index in [0.717, 1.165) is 22.3 Å². The van der Waals surface area contributed by atoms with Crippen molar-refractivity contribution in [1.82, 2.24) is 4.57 Å². The van der Waals surface area contributed by atoms with Gasteiger partial charge in [-0.3, -0.25) is 4.79 Å². The number of amides is 1. The van der Waals surface area contributed by atoms with Crippen LogP contribution in [0.4, 0.5) is 5.69 Å². The smallest absolute Gasteiger partial charge is 0.272 e. The minimum Gasteiger partial charge on any atom is -0.463 e. The normalized spacial score (nSPS) is 11.1. The quantitative estimate of drug-likeness (QED) is 0.487. The molecule has 4 rings (SSSR count).